The van der Waals surface area contributed by atoms with E-state index in [2.05, 4.69) is 30.2 Å². The van der Waals surface area contributed by atoms with Gasteiger partial charge in [0.05, 0.1) is 0 Å². The SMILES string of the molecule is CC(C)CN(C(=O)OC(C)(C)C)c1ccc([C@H]2CCCCN2)cn1. The van der Waals surface area contributed by atoms with E-state index in [-0.39, 0.29) is 6.09 Å². The molecule has 24 heavy (non-hydrogen) atoms. The molecule has 1 fully saturated rings. The minimum absolute atomic E-state index is 0.332. The molecule has 2 heterocycles. The van der Waals surface area contributed by atoms with Crippen molar-refractivity contribution in [1.29, 1.82) is 0 Å². The fourth-order valence-electron chi connectivity index (χ4n) is 2.84. The first-order valence-corrected chi connectivity index (χ1v) is 8.96. The predicted molar refractivity (Wildman–Crippen MR) is 97.2 cm³/mol. The molecule has 2 rings (SSSR count). The van der Waals surface area contributed by atoms with Gasteiger partial charge in [-0.1, -0.05) is 26.3 Å². The molecule has 1 N–H and O–H groups in total. The van der Waals surface area contributed by atoms with Gasteiger partial charge < -0.3 is 10.1 Å². The van der Waals surface area contributed by atoms with E-state index in [0.717, 1.165) is 13.0 Å². The van der Waals surface area contributed by atoms with Crippen molar-refractivity contribution in [2.24, 2.45) is 5.92 Å². The molecule has 0 bridgehead atoms. The Morgan fingerprint density at radius 3 is 2.62 bits per heavy atom. The summed E-state index contributed by atoms with van der Waals surface area (Å²) in [7, 11) is 0. The summed E-state index contributed by atoms with van der Waals surface area (Å²) in [6.07, 6.45) is 5.17. The molecule has 0 aromatic carbocycles. The molecule has 5 heteroatoms. The third-order valence-corrected chi connectivity index (χ3v) is 3.92. The zero-order valence-corrected chi connectivity index (χ0v) is 15.6. The molecule has 134 valence electrons. The van der Waals surface area contributed by atoms with Crippen LogP contribution in [-0.4, -0.2) is 29.8 Å². The van der Waals surface area contributed by atoms with Crippen LogP contribution in [0.2, 0.25) is 0 Å². The van der Waals surface area contributed by atoms with E-state index in [4.69, 9.17) is 4.74 Å². The van der Waals surface area contributed by atoms with Crippen molar-refractivity contribution in [3.05, 3.63) is 23.9 Å². The summed E-state index contributed by atoms with van der Waals surface area (Å²) in [6.45, 7) is 11.4. The quantitative estimate of drug-likeness (QED) is 0.893. The lowest BCUT2D eigenvalue weighted by atomic mass is 9.99. The first-order valence-electron chi connectivity index (χ1n) is 8.96. The number of carbonyl (C=O) groups is 1. The van der Waals surface area contributed by atoms with Crippen LogP contribution in [-0.2, 0) is 4.74 Å². The highest BCUT2D eigenvalue weighted by Gasteiger charge is 2.25. The second kappa shape index (κ2) is 7.97. The van der Waals surface area contributed by atoms with Crippen molar-refractivity contribution >= 4 is 11.9 Å². The maximum absolute atomic E-state index is 12.5. The van der Waals surface area contributed by atoms with E-state index in [0.29, 0.717) is 24.3 Å². The average molecular weight is 333 g/mol. The van der Waals surface area contributed by atoms with Crippen molar-refractivity contribution in [3.8, 4) is 0 Å². The minimum Gasteiger partial charge on any atom is -0.443 e. The lowest BCUT2D eigenvalue weighted by Gasteiger charge is -2.28. The molecule has 0 unspecified atom stereocenters. The number of carbonyl (C=O) groups excluding carboxylic acids is 1. The molecule has 1 amide bonds. The second-order valence-corrected chi connectivity index (χ2v) is 7.94. The standard InChI is InChI=1S/C19H31N3O2/c1-14(2)13-22(18(23)24-19(3,4)5)17-10-9-15(12-21-17)16-8-6-7-11-20-16/h9-10,12,14,16,20H,6-8,11,13H2,1-5H3/t16-/m1/s1. The van der Waals surface area contributed by atoms with Gasteiger partial charge in [-0.2, -0.15) is 0 Å². The van der Waals surface area contributed by atoms with Crippen molar-refractivity contribution in [1.82, 2.24) is 10.3 Å². The maximum Gasteiger partial charge on any atom is 0.416 e. The molecule has 5 nitrogen and oxygen atoms in total. The Morgan fingerprint density at radius 1 is 1.38 bits per heavy atom. The van der Waals surface area contributed by atoms with Gasteiger partial charge >= 0.3 is 6.09 Å². The Bertz CT molecular complexity index is 529. The Hall–Kier alpha value is -1.62. The van der Waals surface area contributed by atoms with Crippen LogP contribution in [0.1, 0.15) is 65.5 Å². The van der Waals surface area contributed by atoms with Crippen molar-refractivity contribution in [2.75, 3.05) is 18.0 Å². The average Bonchev–Trinajstić information content (AvgIpc) is 2.52. The zero-order valence-electron chi connectivity index (χ0n) is 15.6. The highest BCUT2D eigenvalue weighted by Crippen LogP contribution is 2.24. The summed E-state index contributed by atoms with van der Waals surface area (Å²) in [5.74, 6) is 0.983. The van der Waals surface area contributed by atoms with Gasteiger partial charge in [0, 0.05) is 18.8 Å². The number of ether oxygens (including phenoxy) is 1. The third kappa shape index (κ3) is 5.48. The van der Waals surface area contributed by atoms with Crippen LogP contribution in [0.25, 0.3) is 0 Å². The summed E-state index contributed by atoms with van der Waals surface area (Å²) >= 11 is 0. The number of piperidine rings is 1. The Labute approximate surface area is 145 Å². The predicted octanol–water partition coefficient (Wildman–Crippen LogP) is 4.29. The normalized spacial score (nSPS) is 18.5. The lowest BCUT2D eigenvalue weighted by Crippen LogP contribution is -2.39. The van der Waals surface area contributed by atoms with E-state index in [9.17, 15) is 4.79 Å². The summed E-state index contributed by atoms with van der Waals surface area (Å²) < 4.78 is 5.54. The van der Waals surface area contributed by atoms with Gasteiger partial charge in [-0.15, -0.1) is 0 Å². The van der Waals surface area contributed by atoms with Crippen LogP contribution < -0.4 is 10.2 Å². The first-order chi connectivity index (χ1) is 11.3. The maximum atomic E-state index is 12.5. The smallest absolute Gasteiger partial charge is 0.416 e. The summed E-state index contributed by atoms with van der Waals surface area (Å²) in [5.41, 5.74) is 0.672. The van der Waals surface area contributed by atoms with E-state index >= 15 is 0 Å². The fourth-order valence-corrected chi connectivity index (χ4v) is 2.84. The number of pyridine rings is 1. The van der Waals surface area contributed by atoms with Gasteiger partial charge in [0.1, 0.15) is 11.4 Å². The van der Waals surface area contributed by atoms with Crippen LogP contribution >= 0.6 is 0 Å². The topological polar surface area (TPSA) is 54.5 Å². The molecule has 0 aliphatic carbocycles. The second-order valence-electron chi connectivity index (χ2n) is 7.94. The Balaban J connectivity index is 2.15. The highest BCUT2D eigenvalue weighted by molar-refractivity contribution is 5.86. The molecule has 0 radical (unpaired) electrons. The number of hydrogen-bond acceptors (Lipinski definition) is 4. The molecule has 1 aromatic rings. The molecule has 0 saturated carbocycles. The van der Waals surface area contributed by atoms with Gasteiger partial charge in [0.15, 0.2) is 0 Å². The van der Waals surface area contributed by atoms with Gasteiger partial charge in [-0.3, -0.25) is 4.90 Å². The number of nitrogens with zero attached hydrogens (tertiary/aromatic N) is 2. The molecular weight excluding hydrogens is 302 g/mol. The van der Waals surface area contributed by atoms with Crippen LogP contribution in [0.15, 0.2) is 18.3 Å². The number of nitrogens with one attached hydrogen (secondary N) is 1. The van der Waals surface area contributed by atoms with Gasteiger partial charge in [0.2, 0.25) is 0 Å². The van der Waals surface area contributed by atoms with E-state index in [1.165, 1.54) is 18.4 Å². The minimum atomic E-state index is -0.516. The number of rotatable bonds is 4. The molecule has 1 aliphatic rings. The van der Waals surface area contributed by atoms with Crippen molar-refractivity contribution < 1.29 is 9.53 Å². The monoisotopic (exact) mass is 333 g/mol. The summed E-state index contributed by atoms with van der Waals surface area (Å²) in [5, 5.41) is 3.52. The van der Waals surface area contributed by atoms with Crippen LogP contribution in [0.5, 0.6) is 0 Å². The molecular formula is C19H31N3O2. The van der Waals surface area contributed by atoms with E-state index < -0.39 is 5.60 Å². The summed E-state index contributed by atoms with van der Waals surface area (Å²) in [4.78, 5) is 18.7. The van der Waals surface area contributed by atoms with Gasteiger partial charge in [-0.25, -0.2) is 9.78 Å². The van der Waals surface area contributed by atoms with Crippen LogP contribution in [0.3, 0.4) is 0 Å². The van der Waals surface area contributed by atoms with Crippen LogP contribution in [0, 0.1) is 5.92 Å². The zero-order chi connectivity index (χ0) is 17.7. The van der Waals surface area contributed by atoms with Gasteiger partial charge in [-0.05, 0) is 57.7 Å². The highest BCUT2D eigenvalue weighted by atomic mass is 16.6. The first kappa shape index (κ1) is 18.7. The third-order valence-electron chi connectivity index (χ3n) is 3.92. The van der Waals surface area contributed by atoms with E-state index in [1.54, 1.807) is 4.90 Å². The van der Waals surface area contributed by atoms with Crippen molar-refractivity contribution in [3.63, 3.8) is 0 Å². The Kier molecular flexibility index (Phi) is 6.21. The van der Waals surface area contributed by atoms with E-state index in [1.807, 2.05) is 33.0 Å². The molecule has 1 atom stereocenters. The fraction of sp³-hybridized carbons (Fsp3) is 0.684. The number of amides is 1. The van der Waals surface area contributed by atoms with Gasteiger partial charge in [0.25, 0.3) is 0 Å². The molecule has 1 saturated heterocycles. The Morgan fingerprint density at radius 2 is 2.12 bits per heavy atom. The number of anilines is 1. The largest absolute Gasteiger partial charge is 0.443 e. The molecule has 1 aliphatic heterocycles. The van der Waals surface area contributed by atoms with Crippen LogP contribution in [0.4, 0.5) is 10.6 Å². The number of hydrogen-bond donors (Lipinski definition) is 1. The summed E-state index contributed by atoms with van der Waals surface area (Å²) in [6, 6.07) is 4.38. The molecule has 1 aromatic heterocycles. The molecule has 0 spiro atoms. The lowest BCUT2D eigenvalue weighted by molar-refractivity contribution is 0.0575. The number of aromatic nitrogens is 1. The van der Waals surface area contributed by atoms with Crippen molar-refractivity contribution in [2.45, 2.75) is 65.5 Å².